The van der Waals surface area contributed by atoms with Gasteiger partial charge in [-0.1, -0.05) is 0 Å². The van der Waals surface area contributed by atoms with Crippen molar-refractivity contribution in [1.82, 2.24) is 6.15 Å². The first-order chi connectivity index (χ1) is 4.46. The smallest absolute Gasteiger partial charge is 0.375 e. The molecule has 0 radical (unpaired) electrons. The average molecular weight is 165 g/mol. The van der Waals surface area contributed by atoms with Gasteiger partial charge in [-0.05, 0) is 0 Å². The van der Waals surface area contributed by atoms with E-state index in [2.05, 4.69) is 0 Å². The minimum absolute atomic E-state index is 0. The van der Waals surface area contributed by atoms with Crippen LogP contribution < -0.4 is 6.15 Å². The predicted molar refractivity (Wildman–Crippen MR) is 32.6 cm³/mol. The highest BCUT2D eigenvalue weighted by Gasteiger charge is 2.17. The fourth-order valence-corrected chi connectivity index (χ4v) is 0.203. The fourth-order valence-electron chi connectivity index (χ4n) is 0.203. The van der Waals surface area contributed by atoms with Gasteiger partial charge in [0.2, 0.25) is 0 Å². The number of carbonyl (C=O) groups is 2. The van der Waals surface area contributed by atoms with E-state index in [9.17, 15) is 9.59 Å². The highest BCUT2D eigenvalue weighted by Crippen LogP contribution is 1.96. The summed E-state index contributed by atoms with van der Waals surface area (Å²) in [5, 5.41) is 32.2. The van der Waals surface area contributed by atoms with E-state index in [0.717, 1.165) is 0 Å². The summed E-state index contributed by atoms with van der Waals surface area (Å²) >= 11 is 0. The van der Waals surface area contributed by atoms with Crippen LogP contribution in [0.3, 0.4) is 0 Å². The van der Waals surface area contributed by atoms with E-state index in [0.29, 0.717) is 0 Å². The maximum atomic E-state index is 9.71. The third kappa shape index (κ3) is 3.06. The summed E-state index contributed by atoms with van der Waals surface area (Å²) in [4.78, 5) is 19.4. The van der Waals surface area contributed by atoms with Crippen LogP contribution in [0.5, 0.6) is 0 Å². The molecule has 0 aromatic carbocycles. The molecule has 0 saturated heterocycles. The molecular formula is C4H7NO6. The molecule has 0 atom stereocenters. The molecule has 11 heavy (non-hydrogen) atoms. The molecular weight excluding hydrogens is 158 g/mol. The lowest BCUT2D eigenvalue weighted by molar-refractivity contribution is -0.140. The molecule has 0 aliphatic carbocycles. The molecule has 0 heterocycles. The molecule has 0 aromatic heterocycles. The Bertz CT molecular complexity index is 185. The van der Waals surface area contributed by atoms with Crippen molar-refractivity contribution < 1.29 is 30.0 Å². The van der Waals surface area contributed by atoms with Gasteiger partial charge in [0.1, 0.15) is 0 Å². The number of carboxylic acid groups (broad SMARTS) is 2. The van der Waals surface area contributed by atoms with Gasteiger partial charge in [-0.3, -0.25) is 0 Å². The Morgan fingerprint density at radius 2 is 0.909 bits per heavy atom. The fraction of sp³-hybridized carbons (Fsp3) is 0. The lowest BCUT2D eigenvalue weighted by atomic mass is 10.4. The molecule has 0 unspecified atom stereocenters. The minimum Gasteiger partial charge on any atom is -0.499 e. The van der Waals surface area contributed by atoms with E-state index >= 15 is 0 Å². The number of aliphatic carboxylic acids is 2. The number of hydrogen-bond donors (Lipinski definition) is 5. The predicted octanol–water partition coefficient (Wildman–Crippen LogP) is -0.355. The van der Waals surface area contributed by atoms with Gasteiger partial charge >= 0.3 is 11.9 Å². The first-order valence-corrected chi connectivity index (χ1v) is 2.05. The zero-order valence-electron chi connectivity index (χ0n) is 5.31. The SMILES string of the molecule is N.O=C(O)C(O)=C(O)C(=O)O. The lowest BCUT2D eigenvalue weighted by Gasteiger charge is -1.92. The molecule has 7 N–H and O–H groups in total. The number of hydrogen-bond acceptors (Lipinski definition) is 5. The normalized spacial score (nSPS) is 10.9. The van der Waals surface area contributed by atoms with Gasteiger partial charge in [-0.15, -0.1) is 0 Å². The Morgan fingerprint density at radius 1 is 0.727 bits per heavy atom. The van der Waals surface area contributed by atoms with Crippen molar-refractivity contribution in [3.8, 4) is 0 Å². The van der Waals surface area contributed by atoms with Crippen LogP contribution in [0, 0.1) is 0 Å². The molecule has 0 rings (SSSR count). The molecule has 7 nitrogen and oxygen atoms in total. The molecule has 64 valence electrons. The van der Waals surface area contributed by atoms with E-state index < -0.39 is 23.5 Å². The van der Waals surface area contributed by atoms with Crippen LogP contribution in [0.25, 0.3) is 0 Å². The second-order valence-electron chi connectivity index (χ2n) is 1.31. The van der Waals surface area contributed by atoms with Crippen molar-refractivity contribution in [3.63, 3.8) is 0 Å². The molecule has 0 bridgehead atoms. The molecule has 0 spiro atoms. The van der Waals surface area contributed by atoms with Gasteiger partial charge in [-0.2, -0.15) is 0 Å². The molecule has 7 heteroatoms. The highest BCUT2D eigenvalue weighted by molar-refractivity contribution is 5.94. The van der Waals surface area contributed by atoms with E-state index in [1.54, 1.807) is 0 Å². The summed E-state index contributed by atoms with van der Waals surface area (Å²) in [6.45, 7) is 0. The quantitative estimate of drug-likeness (QED) is 0.277. The van der Waals surface area contributed by atoms with Crippen molar-refractivity contribution >= 4 is 11.9 Å². The van der Waals surface area contributed by atoms with Crippen molar-refractivity contribution in [1.29, 1.82) is 0 Å². The van der Waals surface area contributed by atoms with Gasteiger partial charge in [0.15, 0.2) is 0 Å². The molecule has 0 aromatic rings. The van der Waals surface area contributed by atoms with Crippen LogP contribution in [0.1, 0.15) is 0 Å². The van der Waals surface area contributed by atoms with Crippen molar-refractivity contribution in [2.75, 3.05) is 0 Å². The van der Waals surface area contributed by atoms with Gasteiger partial charge in [0.05, 0.1) is 0 Å². The van der Waals surface area contributed by atoms with Crippen molar-refractivity contribution in [2.45, 2.75) is 0 Å². The van der Waals surface area contributed by atoms with Crippen LogP contribution in [0.15, 0.2) is 11.5 Å². The molecule has 0 fully saturated rings. The van der Waals surface area contributed by atoms with Crippen LogP contribution in [-0.4, -0.2) is 32.4 Å². The summed E-state index contributed by atoms with van der Waals surface area (Å²) in [5.41, 5.74) is 0. The summed E-state index contributed by atoms with van der Waals surface area (Å²) in [6.07, 6.45) is 0. The summed E-state index contributed by atoms with van der Waals surface area (Å²) in [7, 11) is 0. The molecule has 0 aliphatic rings. The number of rotatable bonds is 2. The average Bonchev–Trinajstić information content (AvgIpc) is 1.84. The third-order valence-electron chi connectivity index (χ3n) is 0.629. The zero-order valence-corrected chi connectivity index (χ0v) is 5.31. The Morgan fingerprint density at radius 3 is 1.00 bits per heavy atom. The summed E-state index contributed by atoms with van der Waals surface area (Å²) < 4.78 is 0. The third-order valence-corrected chi connectivity index (χ3v) is 0.629. The first kappa shape index (κ1) is 12.0. The second-order valence-corrected chi connectivity index (χ2v) is 1.31. The number of carboxylic acids is 2. The second kappa shape index (κ2) is 4.12. The maximum Gasteiger partial charge on any atom is 0.375 e. The van der Waals surface area contributed by atoms with Crippen molar-refractivity contribution in [2.24, 2.45) is 0 Å². The number of aliphatic hydroxyl groups excluding tert-OH is 2. The Kier molecular flexibility index (Phi) is 4.48. The monoisotopic (exact) mass is 165 g/mol. The summed E-state index contributed by atoms with van der Waals surface area (Å²) in [6, 6.07) is 0. The van der Waals surface area contributed by atoms with Gasteiger partial charge < -0.3 is 26.6 Å². The Hall–Kier alpha value is -1.76. The Balaban J connectivity index is 0. The van der Waals surface area contributed by atoms with Crippen LogP contribution >= 0.6 is 0 Å². The van der Waals surface area contributed by atoms with E-state index in [4.69, 9.17) is 20.4 Å². The standard InChI is InChI=1S/C4H4O6.H3N/c5-1(3(7)8)2(6)4(9)10;/h5-6H,(H,7,8)(H,9,10);1H3. The van der Waals surface area contributed by atoms with Crippen LogP contribution in [0.2, 0.25) is 0 Å². The maximum absolute atomic E-state index is 9.71. The van der Waals surface area contributed by atoms with Gasteiger partial charge in [0, 0.05) is 0 Å². The lowest BCUT2D eigenvalue weighted by Crippen LogP contribution is -2.10. The molecule has 0 aliphatic heterocycles. The minimum atomic E-state index is -1.89. The van der Waals surface area contributed by atoms with E-state index in [1.807, 2.05) is 0 Å². The van der Waals surface area contributed by atoms with E-state index in [1.165, 1.54) is 0 Å². The Labute approximate surface area is 60.8 Å². The van der Waals surface area contributed by atoms with Crippen LogP contribution in [-0.2, 0) is 9.59 Å². The van der Waals surface area contributed by atoms with Crippen molar-refractivity contribution in [3.05, 3.63) is 11.5 Å². The highest BCUT2D eigenvalue weighted by atomic mass is 16.4. The van der Waals surface area contributed by atoms with Gasteiger partial charge in [0.25, 0.3) is 11.5 Å². The summed E-state index contributed by atoms with van der Waals surface area (Å²) in [5.74, 6) is -6.93. The van der Waals surface area contributed by atoms with Crippen LogP contribution in [0.4, 0.5) is 0 Å². The topological polar surface area (TPSA) is 150 Å². The number of aliphatic hydroxyl groups is 2. The molecule has 0 amide bonds. The first-order valence-electron chi connectivity index (χ1n) is 2.05. The van der Waals surface area contributed by atoms with Gasteiger partial charge in [-0.25, -0.2) is 9.59 Å². The zero-order chi connectivity index (χ0) is 8.31. The van der Waals surface area contributed by atoms with E-state index in [-0.39, 0.29) is 6.15 Å². The molecule has 0 saturated carbocycles. The largest absolute Gasteiger partial charge is 0.499 e.